The largest absolute Gasteiger partial charge is 0.403 e. The van der Waals surface area contributed by atoms with E-state index in [1.807, 2.05) is 0 Å². The maximum absolute atomic E-state index is 13.1. The third kappa shape index (κ3) is 4.76. The van der Waals surface area contributed by atoms with Crippen molar-refractivity contribution in [3.05, 3.63) is 59.4 Å². The van der Waals surface area contributed by atoms with E-state index in [-0.39, 0.29) is 23.3 Å². The molecule has 0 bridgehead atoms. The molecule has 0 aliphatic carbocycles. The predicted molar refractivity (Wildman–Crippen MR) is 111 cm³/mol. The molecule has 1 saturated heterocycles. The molecule has 1 N–H and O–H groups in total. The lowest BCUT2D eigenvalue weighted by Crippen LogP contribution is -2.43. The minimum atomic E-state index is -3.74. The molecule has 0 radical (unpaired) electrons. The number of sulfonamides is 1. The van der Waals surface area contributed by atoms with Crippen LogP contribution in [0.4, 0.5) is 10.4 Å². The van der Waals surface area contributed by atoms with Gasteiger partial charge in [0.25, 0.3) is 0 Å². The van der Waals surface area contributed by atoms with Gasteiger partial charge >= 0.3 is 6.01 Å². The molecule has 1 amide bonds. The Morgan fingerprint density at radius 3 is 2.55 bits per heavy atom. The Labute approximate surface area is 183 Å². The molecular weight excluding hydrogens is 447 g/mol. The molecule has 1 fully saturated rings. The lowest BCUT2D eigenvalue weighted by molar-refractivity contribution is -0.121. The van der Waals surface area contributed by atoms with E-state index in [0.29, 0.717) is 30.0 Å². The number of benzene rings is 2. The highest BCUT2D eigenvalue weighted by molar-refractivity contribution is 7.89. The highest BCUT2D eigenvalue weighted by Crippen LogP contribution is 2.26. The summed E-state index contributed by atoms with van der Waals surface area (Å²) >= 11 is 5.84. The number of hydrogen-bond donors (Lipinski definition) is 1. The highest BCUT2D eigenvalue weighted by Gasteiger charge is 2.33. The number of carbonyl (C=O) groups excluding carboxylic acids is 1. The summed E-state index contributed by atoms with van der Waals surface area (Å²) in [5.41, 5.74) is 0.507. The van der Waals surface area contributed by atoms with Crippen LogP contribution in [0.5, 0.6) is 0 Å². The van der Waals surface area contributed by atoms with Crippen LogP contribution in [0.25, 0.3) is 11.5 Å². The number of nitrogens with one attached hydrogen (secondary N) is 1. The van der Waals surface area contributed by atoms with Crippen molar-refractivity contribution >= 4 is 33.5 Å². The summed E-state index contributed by atoms with van der Waals surface area (Å²) in [6.45, 7) is 0.361. The number of anilines is 1. The predicted octanol–water partition coefficient (Wildman–Crippen LogP) is 3.57. The second kappa shape index (κ2) is 8.74. The number of amides is 1. The Bertz CT molecular complexity index is 1180. The van der Waals surface area contributed by atoms with Crippen LogP contribution >= 0.6 is 11.6 Å². The van der Waals surface area contributed by atoms with Crippen LogP contribution in [-0.4, -0.2) is 41.9 Å². The average Bonchev–Trinajstić information content (AvgIpc) is 3.23. The Hall–Kier alpha value is -2.82. The number of nitrogens with zero attached hydrogens (tertiary/aromatic N) is 3. The van der Waals surface area contributed by atoms with Gasteiger partial charge in [-0.25, -0.2) is 12.8 Å². The molecule has 162 valence electrons. The molecule has 3 aromatic rings. The molecule has 4 rings (SSSR count). The molecule has 2 heterocycles. The summed E-state index contributed by atoms with van der Waals surface area (Å²) in [5, 5.41) is 10.6. The van der Waals surface area contributed by atoms with Crippen molar-refractivity contribution in [2.75, 3.05) is 18.4 Å². The molecule has 0 saturated carbocycles. The van der Waals surface area contributed by atoms with Gasteiger partial charge < -0.3 is 4.42 Å². The van der Waals surface area contributed by atoms with Gasteiger partial charge in [0, 0.05) is 23.7 Å². The van der Waals surface area contributed by atoms with E-state index in [1.54, 1.807) is 0 Å². The maximum Gasteiger partial charge on any atom is 0.322 e. The molecule has 1 atom stereocenters. The van der Waals surface area contributed by atoms with E-state index in [2.05, 4.69) is 15.5 Å². The summed E-state index contributed by atoms with van der Waals surface area (Å²) in [6, 6.07) is 11.3. The van der Waals surface area contributed by atoms with E-state index in [4.69, 9.17) is 16.0 Å². The molecule has 2 aromatic carbocycles. The Morgan fingerprint density at radius 2 is 1.84 bits per heavy atom. The van der Waals surface area contributed by atoms with Gasteiger partial charge in [-0.2, -0.15) is 4.31 Å². The summed E-state index contributed by atoms with van der Waals surface area (Å²) < 4.78 is 45.6. The van der Waals surface area contributed by atoms with E-state index in [9.17, 15) is 17.6 Å². The van der Waals surface area contributed by atoms with Gasteiger partial charge in [-0.15, -0.1) is 5.10 Å². The molecule has 1 aliphatic rings. The monoisotopic (exact) mass is 464 g/mol. The topological polar surface area (TPSA) is 105 Å². The van der Waals surface area contributed by atoms with Gasteiger partial charge in [-0.1, -0.05) is 16.7 Å². The van der Waals surface area contributed by atoms with Crippen molar-refractivity contribution in [2.45, 2.75) is 17.7 Å². The fourth-order valence-electron chi connectivity index (χ4n) is 3.32. The first-order chi connectivity index (χ1) is 14.8. The van der Waals surface area contributed by atoms with Crippen molar-refractivity contribution in [3.63, 3.8) is 0 Å². The van der Waals surface area contributed by atoms with Gasteiger partial charge in [0.2, 0.25) is 21.8 Å². The first-order valence-corrected chi connectivity index (χ1v) is 11.3. The van der Waals surface area contributed by atoms with Gasteiger partial charge in [0.1, 0.15) is 5.82 Å². The molecule has 1 aromatic heterocycles. The van der Waals surface area contributed by atoms with Crippen LogP contribution in [-0.2, 0) is 14.8 Å². The Morgan fingerprint density at radius 1 is 1.13 bits per heavy atom. The van der Waals surface area contributed by atoms with E-state index in [1.165, 1.54) is 52.8 Å². The zero-order valence-corrected chi connectivity index (χ0v) is 17.7. The third-order valence-corrected chi connectivity index (χ3v) is 7.08. The summed E-state index contributed by atoms with van der Waals surface area (Å²) in [6.07, 6.45) is 1.06. The summed E-state index contributed by atoms with van der Waals surface area (Å²) in [4.78, 5) is 12.8. The Kier molecular flexibility index (Phi) is 6.03. The maximum atomic E-state index is 13.1. The first-order valence-electron chi connectivity index (χ1n) is 9.49. The minimum absolute atomic E-state index is 0.0374. The first kappa shape index (κ1) is 21.4. The number of carbonyl (C=O) groups is 1. The second-order valence-electron chi connectivity index (χ2n) is 7.06. The van der Waals surface area contributed by atoms with Crippen molar-refractivity contribution in [3.8, 4) is 11.5 Å². The zero-order chi connectivity index (χ0) is 22.0. The number of piperidine rings is 1. The van der Waals surface area contributed by atoms with Gasteiger partial charge in [0.15, 0.2) is 0 Å². The quantitative estimate of drug-likeness (QED) is 0.618. The lowest BCUT2D eigenvalue weighted by Gasteiger charge is -2.30. The summed E-state index contributed by atoms with van der Waals surface area (Å²) in [5.74, 6) is -1.25. The number of aromatic nitrogens is 2. The SMILES string of the molecule is O=C(Nc1nnc(-c2ccc(F)cc2)o1)C1CCCN(S(=O)(=O)c2ccc(Cl)cc2)C1. The van der Waals surface area contributed by atoms with Crippen LogP contribution in [0.3, 0.4) is 0 Å². The van der Waals surface area contributed by atoms with Crippen LogP contribution in [0.1, 0.15) is 12.8 Å². The van der Waals surface area contributed by atoms with Gasteiger partial charge in [0.05, 0.1) is 10.8 Å². The van der Waals surface area contributed by atoms with Crippen LogP contribution in [0, 0.1) is 11.7 Å². The normalized spacial score (nSPS) is 17.4. The van der Waals surface area contributed by atoms with E-state index in [0.717, 1.165) is 0 Å². The highest BCUT2D eigenvalue weighted by atomic mass is 35.5. The molecular formula is C20H18ClFN4O4S. The average molecular weight is 465 g/mol. The standard InChI is InChI=1S/C20H18ClFN4O4S/c21-15-5-9-17(10-6-15)31(28,29)26-11-1-2-14(12-26)18(27)23-20-25-24-19(30-20)13-3-7-16(22)8-4-13/h3-10,14H,1-2,11-12H2,(H,23,25,27). The molecule has 8 nitrogen and oxygen atoms in total. The number of halogens is 2. The number of hydrogen-bond acceptors (Lipinski definition) is 6. The van der Waals surface area contributed by atoms with Crippen LogP contribution in [0.2, 0.25) is 5.02 Å². The second-order valence-corrected chi connectivity index (χ2v) is 9.44. The molecule has 1 unspecified atom stereocenters. The summed E-state index contributed by atoms with van der Waals surface area (Å²) in [7, 11) is -3.74. The van der Waals surface area contributed by atoms with Gasteiger partial charge in [-0.05, 0) is 61.4 Å². The third-order valence-electron chi connectivity index (χ3n) is 4.95. The molecule has 11 heteroatoms. The number of rotatable bonds is 5. The van der Waals surface area contributed by atoms with E-state index < -0.39 is 27.7 Å². The smallest absolute Gasteiger partial charge is 0.322 e. The minimum Gasteiger partial charge on any atom is -0.403 e. The fourth-order valence-corrected chi connectivity index (χ4v) is 4.97. The van der Waals surface area contributed by atoms with Crippen LogP contribution in [0.15, 0.2) is 57.8 Å². The lowest BCUT2D eigenvalue weighted by atomic mass is 9.99. The van der Waals surface area contributed by atoms with Crippen molar-refractivity contribution < 1.29 is 22.0 Å². The van der Waals surface area contributed by atoms with Crippen LogP contribution < -0.4 is 5.32 Å². The van der Waals surface area contributed by atoms with Crippen molar-refractivity contribution in [1.29, 1.82) is 0 Å². The fraction of sp³-hybridized carbons (Fsp3) is 0.250. The van der Waals surface area contributed by atoms with E-state index >= 15 is 0 Å². The van der Waals surface area contributed by atoms with Crippen molar-refractivity contribution in [2.24, 2.45) is 5.92 Å². The van der Waals surface area contributed by atoms with Gasteiger partial charge in [-0.3, -0.25) is 10.1 Å². The Balaban J connectivity index is 1.43. The molecule has 0 spiro atoms. The van der Waals surface area contributed by atoms with Crippen molar-refractivity contribution in [1.82, 2.24) is 14.5 Å². The molecule has 31 heavy (non-hydrogen) atoms. The molecule has 1 aliphatic heterocycles. The zero-order valence-electron chi connectivity index (χ0n) is 16.2.